The van der Waals surface area contributed by atoms with E-state index in [1.165, 1.54) is 12.1 Å². The zero-order valence-corrected chi connectivity index (χ0v) is 17.1. The molecule has 0 spiro atoms. The predicted octanol–water partition coefficient (Wildman–Crippen LogP) is 2.98. The summed E-state index contributed by atoms with van der Waals surface area (Å²) in [5.41, 5.74) is 1.99. The quantitative estimate of drug-likeness (QED) is 0.755. The Hall–Kier alpha value is -2.80. The van der Waals surface area contributed by atoms with Crippen molar-refractivity contribution in [2.75, 3.05) is 31.7 Å². The van der Waals surface area contributed by atoms with Gasteiger partial charge in [-0.1, -0.05) is 6.07 Å². The fourth-order valence-corrected chi connectivity index (χ4v) is 3.86. The van der Waals surface area contributed by atoms with E-state index >= 15 is 0 Å². The molecular formula is C23H27FN2O4. The van der Waals surface area contributed by atoms with E-state index in [1.54, 1.807) is 19.2 Å². The van der Waals surface area contributed by atoms with E-state index in [9.17, 15) is 14.3 Å². The monoisotopic (exact) mass is 414 g/mol. The number of amides is 1. The Balaban J connectivity index is 1.49. The third-order valence-corrected chi connectivity index (χ3v) is 5.54. The molecule has 7 heteroatoms. The first-order valence-electron chi connectivity index (χ1n) is 10.3. The maximum atomic E-state index is 13.3. The summed E-state index contributed by atoms with van der Waals surface area (Å²) in [6.07, 6.45) is 1.73. The molecule has 0 aromatic heterocycles. The smallest absolute Gasteiger partial charge is 0.224 e. The van der Waals surface area contributed by atoms with Gasteiger partial charge in [0.15, 0.2) is 0 Å². The van der Waals surface area contributed by atoms with Crippen LogP contribution in [0.1, 0.15) is 24.8 Å². The summed E-state index contributed by atoms with van der Waals surface area (Å²) in [6, 6.07) is 12.0. The van der Waals surface area contributed by atoms with Gasteiger partial charge in [-0.25, -0.2) is 4.39 Å². The molecule has 1 heterocycles. The van der Waals surface area contributed by atoms with Gasteiger partial charge in [-0.15, -0.1) is 0 Å². The summed E-state index contributed by atoms with van der Waals surface area (Å²) < 4.78 is 24.2. The van der Waals surface area contributed by atoms with E-state index in [0.717, 1.165) is 29.8 Å². The van der Waals surface area contributed by atoms with E-state index in [-0.39, 0.29) is 18.3 Å². The van der Waals surface area contributed by atoms with E-state index < -0.39 is 6.10 Å². The van der Waals surface area contributed by atoms with Crippen LogP contribution in [0.15, 0.2) is 42.5 Å². The molecule has 1 saturated carbocycles. The van der Waals surface area contributed by atoms with Crippen LogP contribution in [0.4, 0.5) is 10.1 Å². The van der Waals surface area contributed by atoms with Crippen LogP contribution < -0.4 is 14.4 Å². The van der Waals surface area contributed by atoms with Crippen molar-refractivity contribution < 1.29 is 23.8 Å². The molecule has 2 aromatic rings. The fraction of sp³-hybridized carbons (Fsp3) is 0.435. The lowest BCUT2D eigenvalue weighted by Gasteiger charge is -2.34. The molecule has 30 heavy (non-hydrogen) atoms. The Kier molecular flexibility index (Phi) is 6.08. The molecule has 1 N–H and O–H groups in total. The number of methoxy groups -OCH3 is 1. The van der Waals surface area contributed by atoms with Crippen LogP contribution in [0.3, 0.4) is 0 Å². The minimum absolute atomic E-state index is 0.0353. The molecular weight excluding hydrogens is 387 g/mol. The highest BCUT2D eigenvalue weighted by molar-refractivity contribution is 5.79. The van der Waals surface area contributed by atoms with Crippen LogP contribution in [-0.4, -0.2) is 54.9 Å². The van der Waals surface area contributed by atoms with E-state index in [2.05, 4.69) is 0 Å². The highest BCUT2D eigenvalue weighted by Gasteiger charge is 2.34. The molecule has 1 atom stereocenters. The van der Waals surface area contributed by atoms with Gasteiger partial charge in [0.25, 0.3) is 0 Å². The molecule has 6 nitrogen and oxygen atoms in total. The molecule has 1 aliphatic heterocycles. The van der Waals surface area contributed by atoms with Gasteiger partial charge >= 0.3 is 0 Å². The number of carbonyl (C=O) groups is 1. The molecule has 1 aliphatic carbocycles. The number of halogens is 1. The number of anilines is 1. The molecule has 160 valence electrons. The SMILES string of the molecule is COc1ccc2c(c1)CN(C1CC1)C(=O)CCN2C[C@H](O)COc1cccc(F)c1. The first-order chi connectivity index (χ1) is 14.5. The van der Waals surface area contributed by atoms with Crippen LogP contribution in [0.25, 0.3) is 0 Å². The Morgan fingerprint density at radius 1 is 1.20 bits per heavy atom. The van der Waals surface area contributed by atoms with Crippen LogP contribution >= 0.6 is 0 Å². The first kappa shape index (κ1) is 20.5. The summed E-state index contributed by atoms with van der Waals surface area (Å²) >= 11 is 0. The highest BCUT2D eigenvalue weighted by atomic mass is 19.1. The molecule has 2 aromatic carbocycles. The van der Waals surface area contributed by atoms with Crippen LogP contribution in [-0.2, 0) is 11.3 Å². The molecule has 1 amide bonds. The lowest BCUT2D eigenvalue weighted by atomic mass is 10.1. The second kappa shape index (κ2) is 8.92. The maximum absolute atomic E-state index is 13.3. The third-order valence-electron chi connectivity index (χ3n) is 5.54. The van der Waals surface area contributed by atoms with Crippen molar-refractivity contribution in [1.29, 1.82) is 0 Å². The number of aliphatic hydroxyl groups is 1. The Morgan fingerprint density at radius 2 is 2.03 bits per heavy atom. The number of nitrogens with zero attached hydrogens (tertiary/aromatic N) is 2. The minimum atomic E-state index is -0.794. The van der Waals surface area contributed by atoms with E-state index in [4.69, 9.17) is 9.47 Å². The lowest BCUT2D eigenvalue weighted by Crippen LogP contribution is -2.42. The molecule has 0 unspecified atom stereocenters. The minimum Gasteiger partial charge on any atom is -0.497 e. The van der Waals surface area contributed by atoms with Crippen molar-refractivity contribution in [2.24, 2.45) is 0 Å². The summed E-state index contributed by atoms with van der Waals surface area (Å²) in [7, 11) is 1.62. The zero-order valence-electron chi connectivity index (χ0n) is 17.1. The standard InChI is InChI=1S/C23H27FN2O4/c1-29-20-7-8-22-16(11-20)13-26(18-5-6-18)23(28)9-10-25(22)14-19(27)15-30-21-4-2-3-17(24)12-21/h2-4,7-8,11-12,18-19,27H,5-6,9-10,13-15H2,1H3/t19-/m0/s1. The zero-order chi connectivity index (χ0) is 21.1. The van der Waals surface area contributed by atoms with Crippen molar-refractivity contribution in [3.63, 3.8) is 0 Å². The number of hydrogen-bond donors (Lipinski definition) is 1. The number of benzene rings is 2. The number of rotatable bonds is 7. The van der Waals surface area contributed by atoms with Gasteiger partial charge < -0.3 is 24.4 Å². The van der Waals surface area contributed by atoms with Crippen molar-refractivity contribution in [1.82, 2.24) is 4.90 Å². The third kappa shape index (κ3) is 4.84. The normalized spacial score (nSPS) is 17.8. The average molecular weight is 414 g/mol. The number of β-amino-alcohol motifs (C(OH)–C–C–N with tert-alkyl or cyclic N) is 1. The Bertz CT molecular complexity index is 903. The van der Waals surface area contributed by atoms with Crippen molar-refractivity contribution in [2.45, 2.75) is 38.0 Å². The van der Waals surface area contributed by atoms with E-state index in [0.29, 0.717) is 37.8 Å². The number of aliphatic hydroxyl groups excluding tert-OH is 1. The molecule has 2 aliphatic rings. The van der Waals surface area contributed by atoms with Crippen molar-refractivity contribution in [3.8, 4) is 11.5 Å². The van der Waals surface area contributed by atoms with Gasteiger partial charge in [0.1, 0.15) is 30.0 Å². The number of hydrogen-bond acceptors (Lipinski definition) is 5. The van der Waals surface area contributed by atoms with Gasteiger partial charge in [-0.3, -0.25) is 4.79 Å². The van der Waals surface area contributed by atoms with Gasteiger partial charge in [0, 0.05) is 43.9 Å². The Morgan fingerprint density at radius 3 is 2.77 bits per heavy atom. The maximum Gasteiger partial charge on any atom is 0.224 e. The summed E-state index contributed by atoms with van der Waals surface area (Å²) in [5.74, 6) is 0.878. The highest BCUT2D eigenvalue weighted by Crippen LogP contribution is 2.34. The van der Waals surface area contributed by atoms with Gasteiger partial charge in [-0.05, 0) is 48.7 Å². The van der Waals surface area contributed by atoms with Gasteiger partial charge in [-0.2, -0.15) is 0 Å². The second-order valence-electron chi connectivity index (χ2n) is 7.87. The summed E-state index contributed by atoms with van der Waals surface area (Å²) in [6.45, 7) is 1.40. The number of ether oxygens (including phenoxy) is 2. The van der Waals surface area contributed by atoms with Crippen molar-refractivity contribution in [3.05, 3.63) is 53.8 Å². The number of fused-ring (bicyclic) bond motifs is 1. The predicted molar refractivity (Wildman–Crippen MR) is 111 cm³/mol. The molecule has 0 saturated heterocycles. The van der Waals surface area contributed by atoms with Crippen LogP contribution in [0, 0.1) is 5.82 Å². The second-order valence-corrected chi connectivity index (χ2v) is 7.87. The lowest BCUT2D eigenvalue weighted by molar-refractivity contribution is -0.132. The molecule has 1 fully saturated rings. The van der Waals surface area contributed by atoms with Crippen molar-refractivity contribution >= 4 is 11.6 Å². The van der Waals surface area contributed by atoms with Gasteiger partial charge in [0.05, 0.1) is 7.11 Å². The van der Waals surface area contributed by atoms with Gasteiger partial charge in [0.2, 0.25) is 5.91 Å². The Labute approximate surface area is 175 Å². The number of carbonyl (C=O) groups excluding carboxylic acids is 1. The largest absolute Gasteiger partial charge is 0.497 e. The van der Waals surface area contributed by atoms with Crippen LogP contribution in [0.5, 0.6) is 11.5 Å². The molecule has 0 bridgehead atoms. The topological polar surface area (TPSA) is 62.2 Å². The fourth-order valence-electron chi connectivity index (χ4n) is 3.86. The molecule has 4 rings (SSSR count). The summed E-state index contributed by atoms with van der Waals surface area (Å²) in [4.78, 5) is 16.7. The van der Waals surface area contributed by atoms with Crippen LogP contribution in [0.2, 0.25) is 0 Å². The first-order valence-corrected chi connectivity index (χ1v) is 10.3. The summed E-state index contributed by atoms with van der Waals surface area (Å²) in [5, 5.41) is 10.6. The average Bonchev–Trinajstić information content (AvgIpc) is 3.57. The molecule has 0 radical (unpaired) electrons. The van der Waals surface area contributed by atoms with E-state index in [1.807, 2.05) is 28.0 Å².